The molecule has 1 aliphatic heterocycles. The Bertz CT molecular complexity index is 391. The van der Waals surface area contributed by atoms with Crippen LogP contribution in [0.5, 0.6) is 0 Å². The minimum absolute atomic E-state index is 0.210. The number of hydrogen-bond donors (Lipinski definition) is 2. The van der Waals surface area contributed by atoms with Crippen LogP contribution >= 0.6 is 0 Å². The molecule has 0 aromatic carbocycles. The van der Waals surface area contributed by atoms with E-state index in [1.807, 2.05) is 0 Å². The highest BCUT2D eigenvalue weighted by Crippen LogP contribution is 2.09. The van der Waals surface area contributed by atoms with E-state index in [0.29, 0.717) is 11.6 Å². The number of hydrogen-bond acceptors (Lipinski definition) is 4. The number of aromatic nitrogens is 1. The maximum atomic E-state index is 11.7. The van der Waals surface area contributed by atoms with E-state index >= 15 is 0 Å². The predicted octanol–water partition coefficient (Wildman–Crippen LogP) is 1.20. The zero-order valence-corrected chi connectivity index (χ0v) is 10.2. The number of likely N-dealkylation sites (N-methyl/N-ethyl adjacent to an activating group) is 1. The Morgan fingerprint density at radius 3 is 3.12 bits per heavy atom. The summed E-state index contributed by atoms with van der Waals surface area (Å²) in [5, 5.41) is 9.29. The zero-order valence-electron chi connectivity index (χ0n) is 10.2. The molecule has 6 nitrogen and oxygen atoms in total. The lowest BCUT2D eigenvalue weighted by atomic mass is 10.1. The summed E-state index contributed by atoms with van der Waals surface area (Å²) >= 11 is 0. The highest BCUT2D eigenvalue weighted by atomic mass is 16.5. The monoisotopic (exact) mass is 238 g/mol. The van der Waals surface area contributed by atoms with Crippen LogP contribution in [-0.4, -0.2) is 42.3 Å². The van der Waals surface area contributed by atoms with Crippen LogP contribution < -0.4 is 10.6 Å². The van der Waals surface area contributed by atoms with Crippen molar-refractivity contribution in [2.45, 2.75) is 25.8 Å². The molecular formula is C11H18N4O2. The molecule has 94 valence electrons. The molecule has 6 heteroatoms. The molecular weight excluding hydrogens is 220 g/mol. The van der Waals surface area contributed by atoms with Gasteiger partial charge in [-0.1, -0.05) is 5.16 Å². The summed E-state index contributed by atoms with van der Waals surface area (Å²) in [6.07, 6.45) is 2.14. The van der Waals surface area contributed by atoms with Crippen LogP contribution in [0.1, 0.15) is 18.6 Å². The highest BCUT2D eigenvalue weighted by molar-refractivity contribution is 5.88. The molecule has 1 aliphatic rings. The molecule has 0 spiro atoms. The van der Waals surface area contributed by atoms with E-state index in [0.717, 1.165) is 25.9 Å². The van der Waals surface area contributed by atoms with E-state index in [2.05, 4.69) is 27.7 Å². The lowest BCUT2D eigenvalue weighted by Gasteiger charge is -2.30. The Kier molecular flexibility index (Phi) is 3.63. The number of likely N-dealkylation sites (tertiary alicyclic amines) is 1. The minimum atomic E-state index is -0.224. The van der Waals surface area contributed by atoms with Gasteiger partial charge in [0.15, 0.2) is 5.82 Å². The number of aryl methyl sites for hydroxylation is 1. The molecule has 2 amide bonds. The molecule has 1 saturated heterocycles. The summed E-state index contributed by atoms with van der Waals surface area (Å²) in [6.45, 7) is 3.78. The third kappa shape index (κ3) is 3.45. The van der Waals surface area contributed by atoms with Crippen molar-refractivity contribution < 1.29 is 9.32 Å². The van der Waals surface area contributed by atoms with Gasteiger partial charge in [-0.2, -0.15) is 0 Å². The minimum Gasteiger partial charge on any atom is -0.360 e. The molecule has 2 N–H and O–H groups in total. The second-order valence-electron chi connectivity index (χ2n) is 4.52. The lowest BCUT2D eigenvalue weighted by molar-refractivity contribution is 0.216. The number of nitrogens with one attached hydrogen (secondary N) is 2. The van der Waals surface area contributed by atoms with Crippen molar-refractivity contribution in [1.82, 2.24) is 15.4 Å². The van der Waals surface area contributed by atoms with Gasteiger partial charge in [0.2, 0.25) is 0 Å². The molecule has 17 heavy (non-hydrogen) atoms. The molecule has 2 heterocycles. The van der Waals surface area contributed by atoms with Gasteiger partial charge in [0.05, 0.1) is 0 Å². The molecule has 0 radical (unpaired) electrons. The van der Waals surface area contributed by atoms with Crippen molar-refractivity contribution in [1.29, 1.82) is 0 Å². The number of urea groups is 1. The first-order valence-electron chi connectivity index (χ1n) is 5.83. The standard InChI is InChI=1S/C11H18N4O2/c1-8-6-10(14-17-8)13-11(16)12-9-4-3-5-15(2)7-9/h6,9H,3-5,7H2,1-2H3,(H2,12,13,14,16)/t9-/m1/s1. The fourth-order valence-electron chi connectivity index (χ4n) is 2.05. The largest absolute Gasteiger partial charge is 0.360 e. The molecule has 1 atom stereocenters. The van der Waals surface area contributed by atoms with E-state index in [-0.39, 0.29) is 12.1 Å². The molecule has 1 fully saturated rings. The van der Waals surface area contributed by atoms with Crippen LogP contribution in [0.4, 0.5) is 10.6 Å². The number of carbonyl (C=O) groups is 1. The Morgan fingerprint density at radius 2 is 2.47 bits per heavy atom. The number of nitrogens with zero attached hydrogens (tertiary/aromatic N) is 2. The SMILES string of the molecule is Cc1cc(NC(=O)N[C@@H]2CCCN(C)C2)no1. The van der Waals surface area contributed by atoms with E-state index in [1.54, 1.807) is 13.0 Å². The average molecular weight is 238 g/mol. The molecule has 0 aliphatic carbocycles. The fourth-order valence-corrected chi connectivity index (χ4v) is 2.05. The first-order valence-corrected chi connectivity index (χ1v) is 5.83. The van der Waals surface area contributed by atoms with Gasteiger partial charge in [0.1, 0.15) is 5.76 Å². The lowest BCUT2D eigenvalue weighted by Crippen LogP contribution is -2.47. The van der Waals surface area contributed by atoms with Crippen molar-refractivity contribution >= 4 is 11.8 Å². The van der Waals surface area contributed by atoms with Gasteiger partial charge in [-0.3, -0.25) is 5.32 Å². The van der Waals surface area contributed by atoms with E-state index < -0.39 is 0 Å². The van der Waals surface area contributed by atoms with Gasteiger partial charge in [0, 0.05) is 18.7 Å². The summed E-state index contributed by atoms with van der Waals surface area (Å²) < 4.78 is 4.87. The maximum absolute atomic E-state index is 11.7. The summed E-state index contributed by atoms with van der Waals surface area (Å²) in [6, 6.07) is 1.67. The second kappa shape index (κ2) is 5.18. The number of piperidine rings is 1. The third-order valence-electron chi connectivity index (χ3n) is 2.83. The van der Waals surface area contributed by atoms with Crippen LogP contribution in [0.15, 0.2) is 10.6 Å². The summed E-state index contributed by atoms with van der Waals surface area (Å²) in [5.41, 5.74) is 0. The fraction of sp³-hybridized carbons (Fsp3) is 0.636. The van der Waals surface area contributed by atoms with Gasteiger partial charge >= 0.3 is 6.03 Å². The van der Waals surface area contributed by atoms with Crippen LogP contribution in [0.25, 0.3) is 0 Å². The third-order valence-corrected chi connectivity index (χ3v) is 2.83. The highest BCUT2D eigenvalue weighted by Gasteiger charge is 2.19. The van der Waals surface area contributed by atoms with Gasteiger partial charge in [-0.15, -0.1) is 0 Å². The molecule has 0 saturated carbocycles. The summed E-state index contributed by atoms with van der Waals surface area (Å²) in [5.74, 6) is 1.13. The predicted molar refractivity (Wildman–Crippen MR) is 63.9 cm³/mol. The quantitative estimate of drug-likeness (QED) is 0.812. The van der Waals surface area contributed by atoms with Crippen molar-refractivity contribution in [2.24, 2.45) is 0 Å². The van der Waals surface area contributed by atoms with Gasteiger partial charge in [-0.25, -0.2) is 4.79 Å². The van der Waals surface area contributed by atoms with Gasteiger partial charge < -0.3 is 14.7 Å². The Hall–Kier alpha value is -1.56. The maximum Gasteiger partial charge on any atom is 0.320 e. The first-order chi connectivity index (χ1) is 8.13. The smallest absolute Gasteiger partial charge is 0.320 e. The van der Waals surface area contributed by atoms with Crippen molar-refractivity contribution in [2.75, 3.05) is 25.5 Å². The Morgan fingerprint density at radius 1 is 1.65 bits per heavy atom. The van der Waals surface area contributed by atoms with Crippen molar-refractivity contribution in [3.8, 4) is 0 Å². The Labute approximate surface area is 100 Å². The molecule has 0 bridgehead atoms. The normalized spacial score (nSPS) is 21.2. The van der Waals surface area contributed by atoms with E-state index in [4.69, 9.17) is 4.52 Å². The van der Waals surface area contributed by atoms with Crippen LogP contribution in [-0.2, 0) is 0 Å². The topological polar surface area (TPSA) is 70.4 Å². The molecule has 1 aromatic rings. The summed E-state index contributed by atoms with van der Waals surface area (Å²) in [4.78, 5) is 13.9. The number of carbonyl (C=O) groups excluding carboxylic acids is 1. The first kappa shape index (κ1) is 11.9. The average Bonchev–Trinajstić information content (AvgIpc) is 2.63. The van der Waals surface area contributed by atoms with Crippen LogP contribution in [0.2, 0.25) is 0 Å². The van der Waals surface area contributed by atoms with Gasteiger partial charge in [0.25, 0.3) is 0 Å². The molecule has 2 rings (SSSR count). The number of amides is 2. The molecule has 0 unspecified atom stereocenters. The van der Waals surface area contributed by atoms with E-state index in [9.17, 15) is 4.79 Å². The number of anilines is 1. The Balaban J connectivity index is 1.80. The van der Waals surface area contributed by atoms with Crippen molar-refractivity contribution in [3.05, 3.63) is 11.8 Å². The zero-order chi connectivity index (χ0) is 12.3. The van der Waals surface area contributed by atoms with Crippen LogP contribution in [0, 0.1) is 6.92 Å². The van der Waals surface area contributed by atoms with Gasteiger partial charge in [-0.05, 0) is 33.4 Å². The second-order valence-corrected chi connectivity index (χ2v) is 4.52. The summed E-state index contributed by atoms with van der Waals surface area (Å²) in [7, 11) is 2.06. The van der Waals surface area contributed by atoms with Crippen molar-refractivity contribution in [3.63, 3.8) is 0 Å². The number of rotatable bonds is 2. The van der Waals surface area contributed by atoms with Crippen LogP contribution in [0.3, 0.4) is 0 Å². The molecule has 1 aromatic heterocycles. The van der Waals surface area contributed by atoms with E-state index in [1.165, 1.54) is 0 Å².